The zero-order valence-corrected chi connectivity index (χ0v) is 13.6. The Bertz CT molecular complexity index is 576. The van der Waals surface area contributed by atoms with E-state index in [1.54, 1.807) is 18.7 Å². The number of H-pyrrole nitrogens is 1. The van der Waals surface area contributed by atoms with Crippen LogP contribution >= 0.6 is 0 Å². The molecule has 1 aromatic rings. The lowest BCUT2D eigenvalue weighted by Crippen LogP contribution is -2.42. The topological polar surface area (TPSA) is 75.3 Å². The SMILES string of the molecule is CCCN(CC1CCCCO1)C(=O)c1c(C)c(C)n[nH]c1=O. The Kier molecular flexibility index (Phi) is 5.71. The van der Waals surface area contributed by atoms with Crippen molar-refractivity contribution in [1.82, 2.24) is 15.1 Å². The first-order valence-corrected chi connectivity index (χ1v) is 8.01. The predicted octanol–water partition coefficient (Wildman–Crippen LogP) is 1.81. The van der Waals surface area contributed by atoms with Crippen LogP contribution < -0.4 is 5.56 Å². The summed E-state index contributed by atoms with van der Waals surface area (Å²) in [6.07, 6.45) is 4.11. The van der Waals surface area contributed by atoms with E-state index in [0.717, 1.165) is 32.3 Å². The summed E-state index contributed by atoms with van der Waals surface area (Å²) in [5.74, 6) is -0.222. The van der Waals surface area contributed by atoms with Crippen LogP contribution in [0.4, 0.5) is 0 Å². The summed E-state index contributed by atoms with van der Waals surface area (Å²) in [5, 5.41) is 6.32. The molecule has 0 aromatic carbocycles. The molecule has 6 heteroatoms. The zero-order chi connectivity index (χ0) is 16.1. The molecule has 1 amide bonds. The van der Waals surface area contributed by atoms with E-state index < -0.39 is 5.56 Å². The molecule has 1 aromatic heterocycles. The number of nitrogens with zero attached hydrogens (tertiary/aromatic N) is 2. The van der Waals surface area contributed by atoms with Crippen LogP contribution in [0.3, 0.4) is 0 Å². The van der Waals surface area contributed by atoms with Crippen molar-refractivity contribution in [3.8, 4) is 0 Å². The van der Waals surface area contributed by atoms with Crippen LogP contribution in [-0.4, -0.2) is 46.8 Å². The second-order valence-corrected chi connectivity index (χ2v) is 5.88. The molecule has 1 unspecified atom stereocenters. The van der Waals surface area contributed by atoms with E-state index >= 15 is 0 Å². The lowest BCUT2D eigenvalue weighted by Gasteiger charge is -2.30. The first kappa shape index (κ1) is 16.7. The van der Waals surface area contributed by atoms with Gasteiger partial charge in [0.05, 0.1) is 11.8 Å². The maximum absolute atomic E-state index is 12.8. The number of carbonyl (C=O) groups excluding carboxylic acids is 1. The second kappa shape index (κ2) is 7.54. The Morgan fingerprint density at radius 2 is 2.18 bits per heavy atom. The molecular formula is C16H25N3O3. The molecule has 0 radical (unpaired) electrons. The molecule has 1 N–H and O–H groups in total. The van der Waals surface area contributed by atoms with Gasteiger partial charge < -0.3 is 9.64 Å². The third-order valence-electron chi connectivity index (χ3n) is 4.16. The van der Waals surface area contributed by atoms with Crippen LogP contribution in [0.1, 0.15) is 54.2 Å². The number of ether oxygens (including phenoxy) is 1. The summed E-state index contributed by atoms with van der Waals surface area (Å²) in [4.78, 5) is 26.6. The summed E-state index contributed by atoms with van der Waals surface area (Å²) in [5.41, 5.74) is 1.11. The van der Waals surface area contributed by atoms with Crippen LogP contribution in [0.2, 0.25) is 0 Å². The Labute approximate surface area is 130 Å². The van der Waals surface area contributed by atoms with Crippen molar-refractivity contribution in [2.24, 2.45) is 0 Å². The van der Waals surface area contributed by atoms with Crippen molar-refractivity contribution in [3.63, 3.8) is 0 Å². The van der Waals surface area contributed by atoms with Gasteiger partial charge in [-0.15, -0.1) is 0 Å². The van der Waals surface area contributed by atoms with Gasteiger partial charge in [0.2, 0.25) is 0 Å². The minimum Gasteiger partial charge on any atom is -0.376 e. The van der Waals surface area contributed by atoms with Crippen molar-refractivity contribution in [2.45, 2.75) is 52.6 Å². The van der Waals surface area contributed by atoms with Crippen LogP contribution in [0.15, 0.2) is 4.79 Å². The molecule has 0 bridgehead atoms. The Hall–Kier alpha value is -1.69. The van der Waals surface area contributed by atoms with Gasteiger partial charge in [-0.2, -0.15) is 5.10 Å². The molecule has 2 rings (SSSR count). The van der Waals surface area contributed by atoms with Crippen molar-refractivity contribution in [1.29, 1.82) is 0 Å². The van der Waals surface area contributed by atoms with Gasteiger partial charge in [0.25, 0.3) is 11.5 Å². The molecule has 22 heavy (non-hydrogen) atoms. The first-order chi connectivity index (χ1) is 10.5. The molecule has 0 saturated carbocycles. The monoisotopic (exact) mass is 307 g/mol. The lowest BCUT2D eigenvalue weighted by atomic mass is 10.1. The van der Waals surface area contributed by atoms with Gasteiger partial charge in [0.1, 0.15) is 5.56 Å². The second-order valence-electron chi connectivity index (χ2n) is 5.88. The molecule has 0 spiro atoms. The van der Waals surface area contributed by atoms with Gasteiger partial charge in [-0.05, 0) is 45.1 Å². The standard InChI is InChI=1S/C16H25N3O3/c1-4-8-19(10-13-7-5-6-9-22-13)16(21)14-11(2)12(3)17-18-15(14)20/h13H,4-10H2,1-3H3,(H,18,20). The molecular weight excluding hydrogens is 282 g/mol. The summed E-state index contributed by atoms with van der Waals surface area (Å²) in [6, 6.07) is 0. The Morgan fingerprint density at radius 3 is 2.82 bits per heavy atom. The number of aromatic amines is 1. The van der Waals surface area contributed by atoms with Gasteiger partial charge in [0.15, 0.2) is 0 Å². The van der Waals surface area contributed by atoms with E-state index in [1.165, 1.54) is 0 Å². The summed E-state index contributed by atoms with van der Waals surface area (Å²) in [7, 11) is 0. The molecule has 1 saturated heterocycles. The van der Waals surface area contributed by atoms with E-state index in [4.69, 9.17) is 4.74 Å². The van der Waals surface area contributed by atoms with Gasteiger partial charge >= 0.3 is 0 Å². The van der Waals surface area contributed by atoms with Crippen molar-refractivity contribution in [2.75, 3.05) is 19.7 Å². The maximum atomic E-state index is 12.8. The van der Waals surface area contributed by atoms with Crippen molar-refractivity contribution >= 4 is 5.91 Å². The fraction of sp³-hybridized carbons (Fsp3) is 0.688. The molecule has 6 nitrogen and oxygen atoms in total. The highest BCUT2D eigenvalue weighted by Crippen LogP contribution is 2.16. The first-order valence-electron chi connectivity index (χ1n) is 8.01. The van der Waals surface area contributed by atoms with E-state index in [9.17, 15) is 9.59 Å². The number of nitrogens with one attached hydrogen (secondary N) is 1. The van der Waals surface area contributed by atoms with Crippen LogP contribution in [0.5, 0.6) is 0 Å². The molecule has 1 aliphatic rings. The quantitative estimate of drug-likeness (QED) is 0.900. The number of carbonyl (C=O) groups is 1. The van der Waals surface area contributed by atoms with E-state index in [0.29, 0.717) is 24.3 Å². The number of hydrogen-bond donors (Lipinski definition) is 1. The summed E-state index contributed by atoms with van der Waals surface area (Å²) in [6.45, 7) is 7.51. The lowest BCUT2D eigenvalue weighted by molar-refractivity contribution is -0.00390. The molecule has 2 heterocycles. The average molecular weight is 307 g/mol. The number of aryl methyl sites for hydroxylation is 1. The fourth-order valence-electron chi connectivity index (χ4n) is 2.78. The molecule has 1 fully saturated rings. The van der Waals surface area contributed by atoms with Crippen LogP contribution in [-0.2, 0) is 4.74 Å². The number of rotatable bonds is 5. The Balaban J connectivity index is 2.22. The number of hydrogen-bond acceptors (Lipinski definition) is 4. The van der Waals surface area contributed by atoms with Gasteiger partial charge in [-0.25, -0.2) is 5.10 Å². The van der Waals surface area contributed by atoms with Crippen molar-refractivity contribution in [3.05, 3.63) is 27.2 Å². The van der Waals surface area contributed by atoms with Gasteiger partial charge in [0, 0.05) is 19.7 Å². The highest BCUT2D eigenvalue weighted by molar-refractivity contribution is 5.95. The van der Waals surface area contributed by atoms with Crippen LogP contribution in [0.25, 0.3) is 0 Å². The summed E-state index contributed by atoms with van der Waals surface area (Å²) < 4.78 is 5.73. The van der Waals surface area contributed by atoms with Gasteiger partial charge in [-0.3, -0.25) is 9.59 Å². The van der Waals surface area contributed by atoms with Crippen molar-refractivity contribution < 1.29 is 9.53 Å². The third-order valence-corrected chi connectivity index (χ3v) is 4.16. The molecule has 0 aliphatic carbocycles. The highest BCUT2D eigenvalue weighted by Gasteiger charge is 2.25. The van der Waals surface area contributed by atoms with E-state index in [-0.39, 0.29) is 17.6 Å². The fourth-order valence-corrected chi connectivity index (χ4v) is 2.78. The smallest absolute Gasteiger partial charge is 0.277 e. The largest absolute Gasteiger partial charge is 0.376 e. The highest BCUT2D eigenvalue weighted by atomic mass is 16.5. The number of aromatic nitrogens is 2. The van der Waals surface area contributed by atoms with E-state index in [1.807, 2.05) is 6.92 Å². The Morgan fingerprint density at radius 1 is 1.41 bits per heavy atom. The van der Waals surface area contributed by atoms with Crippen LogP contribution in [0, 0.1) is 13.8 Å². The van der Waals surface area contributed by atoms with Gasteiger partial charge in [-0.1, -0.05) is 6.92 Å². The predicted molar refractivity (Wildman–Crippen MR) is 84.1 cm³/mol. The average Bonchev–Trinajstić information content (AvgIpc) is 2.52. The molecule has 122 valence electrons. The normalized spacial score (nSPS) is 18.2. The third kappa shape index (κ3) is 3.74. The maximum Gasteiger partial charge on any atom is 0.277 e. The molecule has 1 aliphatic heterocycles. The summed E-state index contributed by atoms with van der Waals surface area (Å²) >= 11 is 0. The zero-order valence-electron chi connectivity index (χ0n) is 13.6. The number of amides is 1. The minimum absolute atomic E-state index is 0.0755. The van der Waals surface area contributed by atoms with E-state index in [2.05, 4.69) is 10.2 Å². The minimum atomic E-state index is -0.418. The molecule has 1 atom stereocenters.